The first-order valence-electron chi connectivity index (χ1n) is 7.48. The lowest BCUT2D eigenvalue weighted by molar-refractivity contribution is -0.142. The number of carbonyl (C=O) groups excluding carboxylic acids is 4. The Morgan fingerprint density at radius 2 is 1.58 bits per heavy atom. The summed E-state index contributed by atoms with van der Waals surface area (Å²) in [7, 11) is 0. The standard InChI is InChI=1S/C13H23N5O6S2/c14-6(4-25)11(21)16-3-10(20)17-8(5-26)12(22)18-7(13(23)24)1-2-9(15)19/h6-8,25-26H,1-5,14H2,(H2,15,19)(H,16,21)(H,17,20)(H,18,22)(H,23,24). The minimum atomic E-state index is -1.35. The number of carboxylic acid groups (broad SMARTS) is 1. The molecule has 13 heteroatoms. The van der Waals surface area contributed by atoms with Crippen LogP contribution in [0.2, 0.25) is 0 Å². The maximum absolute atomic E-state index is 12.1. The molecule has 0 aliphatic heterocycles. The van der Waals surface area contributed by atoms with Crippen LogP contribution in [0.5, 0.6) is 0 Å². The van der Waals surface area contributed by atoms with Crippen molar-refractivity contribution in [1.29, 1.82) is 0 Å². The fourth-order valence-electron chi connectivity index (χ4n) is 1.64. The molecular formula is C13H23N5O6S2. The first-order chi connectivity index (χ1) is 12.1. The Morgan fingerprint density at radius 1 is 0.962 bits per heavy atom. The topological polar surface area (TPSA) is 194 Å². The van der Waals surface area contributed by atoms with Crippen molar-refractivity contribution in [3.05, 3.63) is 0 Å². The number of rotatable bonds is 12. The van der Waals surface area contributed by atoms with E-state index >= 15 is 0 Å². The van der Waals surface area contributed by atoms with E-state index in [0.29, 0.717) is 0 Å². The monoisotopic (exact) mass is 409 g/mol. The predicted octanol–water partition coefficient (Wildman–Crippen LogP) is -3.39. The summed E-state index contributed by atoms with van der Waals surface area (Å²) >= 11 is 7.78. The van der Waals surface area contributed by atoms with Gasteiger partial charge in [-0.3, -0.25) is 19.2 Å². The van der Waals surface area contributed by atoms with Gasteiger partial charge in [-0.05, 0) is 6.42 Å². The van der Waals surface area contributed by atoms with Gasteiger partial charge in [0.15, 0.2) is 0 Å². The van der Waals surface area contributed by atoms with Crippen molar-refractivity contribution >= 4 is 54.9 Å². The Kier molecular flexibility index (Phi) is 11.4. The summed E-state index contributed by atoms with van der Waals surface area (Å²) in [5.41, 5.74) is 10.4. The smallest absolute Gasteiger partial charge is 0.326 e. The molecule has 0 rings (SSSR count). The molecule has 0 fully saturated rings. The van der Waals surface area contributed by atoms with E-state index in [4.69, 9.17) is 16.6 Å². The Balaban J connectivity index is 4.62. The van der Waals surface area contributed by atoms with Crippen molar-refractivity contribution in [2.45, 2.75) is 31.0 Å². The number of primary amides is 1. The van der Waals surface area contributed by atoms with Crippen LogP contribution >= 0.6 is 25.3 Å². The van der Waals surface area contributed by atoms with E-state index in [2.05, 4.69) is 41.2 Å². The third-order valence-electron chi connectivity index (χ3n) is 3.08. The van der Waals surface area contributed by atoms with E-state index in [1.165, 1.54) is 0 Å². The minimum absolute atomic E-state index is 0.0942. The zero-order chi connectivity index (χ0) is 20.3. The largest absolute Gasteiger partial charge is 0.480 e. The summed E-state index contributed by atoms with van der Waals surface area (Å²) in [6.45, 7) is -0.429. The SMILES string of the molecule is NC(=O)CCC(NC(=O)C(CS)NC(=O)CNC(=O)C(N)CS)C(=O)O. The number of hydrogen-bond donors (Lipinski definition) is 8. The van der Waals surface area contributed by atoms with Crippen LogP contribution in [-0.2, 0) is 24.0 Å². The quantitative estimate of drug-likeness (QED) is 0.154. The molecule has 0 saturated carbocycles. The molecule has 26 heavy (non-hydrogen) atoms. The number of nitrogens with two attached hydrogens (primary N) is 2. The van der Waals surface area contributed by atoms with Gasteiger partial charge in [0.2, 0.25) is 23.6 Å². The molecule has 148 valence electrons. The zero-order valence-corrected chi connectivity index (χ0v) is 15.6. The second kappa shape index (κ2) is 12.4. The van der Waals surface area contributed by atoms with Gasteiger partial charge in [-0.25, -0.2) is 4.79 Å². The van der Waals surface area contributed by atoms with Gasteiger partial charge >= 0.3 is 5.97 Å². The van der Waals surface area contributed by atoms with Gasteiger partial charge in [-0.15, -0.1) is 0 Å². The summed E-state index contributed by atoms with van der Waals surface area (Å²) in [5, 5.41) is 15.8. The average Bonchev–Trinajstić information content (AvgIpc) is 2.59. The lowest BCUT2D eigenvalue weighted by atomic mass is 10.1. The van der Waals surface area contributed by atoms with Crippen LogP contribution in [0.1, 0.15) is 12.8 Å². The number of hydrogen-bond acceptors (Lipinski definition) is 8. The molecule has 0 aromatic carbocycles. The van der Waals surface area contributed by atoms with Gasteiger partial charge < -0.3 is 32.5 Å². The van der Waals surface area contributed by atoms with E-state index in [-0.39, 0.29) is 24.3 Å². The molecule has 3 atom stereocenters. The van der Waals surface area contributed by atoms with Gasteiger partial charge in [0.25, 0.3) is 0 Å². The predicted molar refractivity (Wildman–Crippen MR) is 98.6 cm³/mol. The molecule has 0 spiro atoms. The van der Waals surface area contributed by atoms with E-state index in [0.717, 1.165) is 0 Å². The van der Waals surface area contributed by atoms with E-state index < -0.39 is 54.3 Å². The molecule has 0 aromatic heterocycles. The molecule has 0 saturated heterocycles. The Morgan fingerprint density at radius 3 is 2.04 bits per heavy atom. The summed E-state index contributed by atoms with van der Waals surface area (Å²) in [6.07, 6.45) is -0.423. The van der Waals surface area contributed by atoms with Crippen LogP contribution in [-0.4, -0.2) is 70.9 Å². The molecule has 0 aromatic rings. The van der Waals surface area contributed by atoms with Gasteiger partial charge in [0.1, 0.15) is 12.1 Å². The van der Waals surface area contributed by atoms with E-state index in [9.17, 15) is 24.0 Å². The number of aliphatic carboxylic acids is 1. The molecule has 0 heterocycles. The molecule has 0 aliphatic rings. The highest BCUT2D eigenvalue weighted by atomic mass is 32.1. The number of carbonyl (C=O) groups is 5. The maximum Gasteiger partial charge on any atom is 0.326 e. The first-order valence-corrected chi connectivity index (χ1v) is 8.74. The fraction of sp³-hybridized carbons (Fsp3) is 0.615. The van der Waals surface area contributed by atoms with E-state index in [1.54, 1.807) is 0 Å². The summed E-state index contributed by atoms with van der Waals surface area (Å²) in [5.74, 6) is -4.16. The summed E-state index contributed by atoms with van der Waals surface area (Å²) < 4.78 is 0. The van der Waals surface area contributed by atoms with Crippen LogP contribution in [0.3, 0.4) is 0 Å². The number of carboxylic acids is 1. The third kappa shape index (κ3) is 9.48. The maximum atomic E-state index is 12.1. The van der Waals surface area contributed by atoms with E-state index in [1.807, 2.05) is 0 Å². The van der Waals surface area contributed by atoms with Crippen LogP contribution in [0.4, 0.5) is 0 Å². The zero-order valence-electron chi connectivity index (χ0n) is 13.8. The summed E-state index contributed by atoms with van der Waals surface area (Å²) in [4.78, 5) is 57.2. The number of amides is 4. The van der Waals surface area contributed by atoms with Crippen LogP contribution in [0.25, 0.3) is 0 Å². The molecule has 8 N–H and O–H groups in total. The Bertz CT molecular complexity index is 547. The van der Waals surface area contributed by atoms with Crippen LogP contribution < -0.4 is 27.4 Å². The minimum Gasteiger partial charge on any atom is -0.480 e. The van der Waals surface area contributed by atoms with Crippen molar-refractivity contribution in [3.8, 4) is 0 Å². The molecule has 4 amide bonds. The molecule has 0 aliphatic carbocycles. The van der Waals surface area contributed by atoms with Crippen molar-refractivity contribution in [1.82, 2.24) is 16.0 Å². The van der Waals surface area contributed by atoms with Gasteiger partial charge in [-0.1, -0.05) is 0 Å². The lowest BCUT2D eigenvalue weighted by Crippen LogP contribution is -2.54. The van der Waals surface area contributed by atoms with Crippen LogP contribution in [0, 0.1) is 0 Å². The Labute approximate surface area is 160 Å². The van der Waals surface area contributed by atoms with Crippen molar-refractivity contribution < 1.29 is 29.1 Å². The lowest BCUT2D eigenvalue weighted by Gasteiger charge is -2.20. The normalized spacial score (nSPS) is 13.8. The Hall–Kier alpha value is -1.99. The molecular weight excluding hydrogens is 386 g/mol. The molecule has 11 nitrogen and oxygen atoms in total. The number of nitrogens with one attached hydrogen (secondary N) is 3. The van der Waals surface area contributed by atoms with Gasteiger partial charge in [0.05, 0.1) is 12.6 Å². The molecule has 3 unspecified atom stereocenters. The highest BCUT2D eigenvalue weighted by molar-refractivity contribution is 7.80. The molecule has 0 radical (unpaired) electrons. The number of thiol groups is 2. The van der Waals surface area contributed by atoms with Crippen molar-refractivity contribution in [2.24, 2.45) is 11.5 Å². The summed E-state index contributed by atoms with van der Waals surface area (Å²) in [6, 6.07) is -3.37. The van der Waals surface area contributed by atoms with Crippen molar-refractivity contribution in [3.63, 3.8) is 0 Å². The van der Waals surface area contributed by atoms with Gasteiger partial charge in [-0.2, -0.15) is 25.3 Å². The highest BCUT2D eigenvalue weighted by Crippen LogP contribution is 1.99. The second-order valence-corrected chi connectivity index (χ2v) is 5.94. The second-order valence-electron chi connectivity index (χ2n) is 5.21. The molecule has 0 bridgehead atoms. The third-order valence-corrected chi connectivity index (χ3v) is 3.84. The average molecular weight is 409 g/mol. The highest BCUT2D eigenvalue weighted by Gasteiger charge is 2.26. The van der Waals surface area contributed by atoms with Crippen molar-refractivity contribution in [2.75, 3.05) is 18.1 Å². The first kappa shape index (κ1) is 24.0. The van der Waals surface area contributed by atoms with Gasteiger partial charge in [0, 0.05) is 17.9 Å². The fourth-order valence-corrected chi connectivity index (χ4v) is 2.06. The van der Waals surface area contributed by atoms with Crippen LogP contribution in [0.15, 0.2) is 0 Å².